The minimum Gasteiger partial charge on any atom is -0.378 e. The lowest BCUT2D eigenvalue weighted by Gasteiger charge is -2.13. The Balaban J connectivity index is 1.91. The minimum absolute atomic E-state index is 0.173. The van der Waals surface area contributed by atoms with Gasteiger partial charge in [0.1, 0.15) is 11.6 Å². The summed E-state index contributed by atoms with van der Waals surface area (Å²) in [6.45, 7) is 0.395. The number of nitrogens with zero attached hydrogens (tertiary/aromatic N) is 3. The van der Waals surface area contributed by atoms with Crippen LogP contribution in [0.2, 0.25) is 5.02 Å². The number of hydrogen-bond acceptors (Lipinski definition) is 4. The molecule has 0 unspecified atom stereocenters. The molecule has 2 aromatic heterocycles. The van der Waals surface area contributed by atoms with Gasteiger partial charge in [-0.3, -0.25) is 14.3 Å². The zero-order valence-electron chi connectivity index (χ0n) is 16.0. The number of benzene rings is 2. The first-order valence-corrected chi connectivity index (χ1v) is 9.55. The molecule has 0 bridgehead atoms. The van der Waals surface area contributed by atoms with Crippen LogP contribution in [-0.2, 0) is 11.3 Å². The third kappa shape index (κ3) is 4.01. The third-order valence-electron chi connectivity index (χ3n) is 4.47. The number of halogens is 2. The first kappa shape index (κ1) is 19.9. The van der Waals surface area contributed by atoms with Crippen molar-refractivity contribution in [3.05, 3.63) is 99.1 Å². The van der Waals surface area contributed by atoms with Gasteiger partial charge in [0.25, 0.3) is 5.56 Å². The van der Waals surface area contributed by atoms with Crippen LogP contribution in [-0.4, -0.2) is 21.6 Å². The Morgan fingerprint density at radius 3 is 2.70 bits per heavy atom. The molecule has 2 heterocycles. The molecule has 0 saturated carbocycles. The van der Waals surface area contributed by atoms with Crippen molar-refractivity contribution in [1.29, 1.82) is 0 Å². The number of hydrogen-bond donors (Lipinski definition) is 0. The molecule has 4 aromatic rings. The zero-order valence-corrected chi connectivity index (χ0v) is 16.8. The lowest BCUT2D eigenvalue weighted by molar-refractivity contribution is 0.181. The number of pyridine rings is 1. The Hall–Kier alpha value is -3.35. The molecule has 0 radical (unpaired) electrons. The molecule has 0 fully saturated rings. The maximum absolute atomic E-state index is 13.8. The molecule has 0 atom stereocenters. The summed E-state index contributed by atoms with van der Waals surface area (Å²) in [5, 5.41) is 0.555. The normalized spacial score (nSPS) is 11.4. The molecule has 0 aliphatic heterocycles. The first-order chi connectivity index (χ1) is 14.6. The van der Waals surface area contributed by atoms with Crippen molar-refractivity contribution < 1.29 is 9.13 Å². The molecule has 0 N–H and O–H groups in total. The smallest absolute Gasteiger partial charge is 0.266 e. The van der Waals surface area contributed by atoms with E-state index in [0.717, 1.165) is 5.69 Å². The standard InChI is InChI=1S/C23H17ClFN3O2/c1-30-14-17-6-4-5-16(26-17)10-12-22-27-20-11-9-15(25)13-18(20)23(29)28(22)21-8-3-2-7-19(21)24/h2-13H,14H2,1H3. The predicted molar refractivity (Wildman–Crippen MR) is 116 cm³/mol. The van der Waals surface area contributed by atoms with Gasteiger partial charge in [-0.25, -0.2) is 9.37 Å². The maximum Gasteiger partial charge on any atom is 0.266 e. The summed E-state index contributed by atoms with van der Waals surface area (Å²) in [6.07, 6.45) is 3.44. The van der Waals surface area contributed by atoms with Gasteiger partial charge in [-0.05, 0) is 54.6 Å². The van der Waals surface area contributed by atoms with Gasteiger partial charge in [-0.1, -0.05) is 29.8 Å². The summed E-state index contributed by atoms with van der Waals surface area (Å²) in [7, 11) is 1.61. The molecule has 0 saturated heterocycles. The second kappa shape index (κ2) is 8.57. The minimum atomic E-state index is -0.505. The van der Waals surface area contributed by atoms with E-state index in [1.807, 2.05) is 18.2 Å². The zero-order chi connectivity index (χ0) is 21.1. The second-order valence-electron chi connectivity index (χ2n) is 6.54. The van der Waals surface area contributed by atoms with E-state index in [2.05, 4.69) is 9.97 Å². The molecule has 0 spiro atoms. The van der Waals surface area contributed by atoms with Crippen LogP contribution in [0, 0.1) is 5.82 Å². The van der Waals surface area contributed by atoms with E-state index < -0.39 is 11.4 Å². The van der Waals surface area contributed by atoms with Crippen molar-refractivity contribution in [2.24, 2.45) is 0 Å². The van der Waals surface area contributed by atoms with E-state index in [1.54, 1.807) is 43.5 Å². The number of ether oxygens (including phenoxy) is 1. The van der Waals surface area contributed by atoms with Crippen LogP contribution in [0.4, 0.5) is 4.39 Å². The number of para-hydroxylation sites is 1. The Morgan fingerprint density at radius 2 is 1.90 bits per heavy atom. The number of aromatic nitrogens is 3. The molecule has 0 aliphatic carbocycles. The van der Waals surface area contributed by atoms with Gasteiger partial charge in [0.05, 0.1) is 39.6 Å². The van der Waals surface area contributed by atoms with Gasteiger partial charge in [0.15, 0.2) is 0 Å². The maximum atomic E-state index is 13.8. The second-order valence-corrected chi connectivity index (χ2v) is 6.95. The van der Waals surface area contributed by atoms with Crippen LogP contribution < -0.4 is 5.56 Å². The van der Waals surface area contributed by atoms with Crippen molar-refractivity contribution in [2.45, 2.75) is 6.61 Å². The van der Waals surface area contributed by atoms with Crippen LogP contribution in [0.15, 0.2) is 65.5 Å². The molecule has 2 aromatic carbocycles. The van der Waals surface area contributed by atoms with Crippen LogP contribution in [0.25, 0.3) is 28.7 Å². The van der Waals surface area contributed by atoms with Crippen molar-refractivity contribution in [3.63, 3.8) is 0 Å². The van der Waals surface area contributed by atoms with Crippen LogP contribution in [0.1, 0.15) is 17.2 Å². The largest absolute Gasteiger partial charge is 0.378 e. The molecule has 0 amide bonds. The van der Waals surface area contributed by atoms with Crippen molar-refractivity contribution in [3.8, 4) is 5.69 Å². The third-order valence-corrected chi connectivity index (χ3v) is 4.79. The van der Waals surface area contributed by atoms with Crippen LogP contribution in [0.3, 0.4) is 0 Å². The summed E-state index contributed by atoms with van der Waals surface area (Å²) in [4.78, 5) is 22.3. The lowest BCUT2D eigenvalue weighted by atomic mass is 10.2. The van der Waals surface area contributed by atoms with E-state index in [1.165, 1.54) is 22.8 Å². The summed E-state index contributed by atoms with van der Waals surface area (Å²) >= 11 is 6.35. The van der Waals surface area contributed by atoms with E-state index in [-0.39, 0.29) is 5.39 Å². The number of methoxy groups -OCH3 is 1. The molecule has 30 heavy (non-hydrogen) atoms. The monoisotopic (exact) mass is 421 g/mol. The van der Waals surface area contributed by atoms with Crippen LogP contribution in [0.5, 0.6) is 0 Å². The van der Waals surface area contributed by atoms with Gasteiger partial charge in [-0.2, -0.15) is 0 Å². The Morgan fingerprint density at radius 1 is 1.07 bits per heavy atom. The molecule has 4 rings (SSSR count). The highest BCUT2D eigenvalue weighted by Crippen LogP contribution is 2.22. The molecule has 5 nitrogen and oxygen atoms in total. The number of rotatable bonds is 5. The fraction of sp³-hybridized carbons (Fsp3) is 0.0870. The summed E-state index contributed by atoms with van der Waals surface area (Å²) in [6, 6.07) is 16.5. The predicted octanol–water partition coefficient (Wildman–Crippen LogP) is 4.89. The van der Waals surface area contributed by atoms with E-state index in [4.69, 9.17) is 16.3 Å². The van der Waals surface area contributed by atoms with Gasteiger partial charge >= 0.3 is 0 Å². The topological polar surface area (TPSA) is 57.0 Å². The molecule has 150 valence electrons. The number of fused-ring (bicyclic) bond motifs is 1. The van der Waals surface area contributed by atoms with Gasteiger partial charge in [0, 0.05) is 7.11 Å². The lowest BCUT2D eigenvalue weighted by Crippen LogP contribution is -2.22. The fourth-order valence-corrected chi connectivity index (χ4v) is 3.35. The van der Waals surface area contributed by atoms with Crippen molar-refractivity contribution >= 4 is 34.7 Å². The van der Waals surface area contributed by atoms with Gasteiger partial charge in [-0.15, -0.1) is 0 Å². The van der Waals surface area contributed by atoms with E-state index in [0.29, 0.717) is 34.4 Å². The Kier molecular flexibility index (Phi) is 5.70. The quantitative estimate of drug-likeness (QED) is 0.460. The summed E-state index contributed by atoms with van der Waals surface area (Å²) in [5.41, 5.74) is 1.91. The average Bonchev–Trinajstić information content (AvgIpc) is 2.74. The summed E-state index contributed by atoms with van der Waals surface area (Å²) < 4.78 is 20.3. The fourth-order valence-electron chi connectivity index (χ4n) is 3.13. The first-order valence-electron chi connectivity index (χ1n) is 9.17. The van der Waals surface area contributed by atoms with Crippen molar-refractivity contribution in [2.75, 3.05) is 7.11 Å². The van der Waals surface area contributed by atoms with Crippen LogP contribution >= 0.6 is 11.6 Å². The van der Waals surface area contributed by atoms with Gasteiger partial charge in [0.2, 0.25) is 0 Å². The van der Waals surface area contributed by atoms with Crippen molar-refractivity contribution in [1.82, 2.24) is 14.5 Å². The average molecular weight is 422 g/mol. The SMILES string of the molecule is COCc1cccc(C=Cc2nc3ccc(F)cc3c(=O)n2-c2ccccc2Cl)n1. The molecule has 0 aliphatic rings. The molecule has 7 heteroatoms. The van der Waals surface area contributed by atoms with Gasteiger partial charge < -0.3 is 4.74 Å². The highest BCUT2D eigenvalue weighted by molar-refractivity contribution is 6.32. The molecular weight excluding hydrogens is 405 g/mol. The van der Waals surface area contributed by atoms with E-state index >= 15 is 0 Å². The highest BCUT2D eigenvalue weighted by Gasteiger charge is 2.14. The summed E-state index contributed by atoms with van der Waals surface area (Å²) in [5.74, 6) is -0.152. The highest BCUT2D eigenvalue weighted by atomic mass is 35.5. The Labute approximate surface area is 177 Å². The Bertz CT molecular complexity index is 1320. The van der Waals surface area contributed by atoms with E-state index in [9.17, 15) is 9.18 Å². The molecular formula is C23H17ClFN3O2.